The first-order valence-electron chi connectivity index (χ1n) is 7.99. The summed E-state index contributed by atoms with van der Waals surface area (Å²) in [5.41, 5.74) is 1.45. The van der Waals surface area contributed by atoms with Crippen molar-refractivity contribution >= 4 is 38.4 Å². The zero-order chi connectivity index (χ0) is 17.3. The number of thioether (sulfide) groups is 1. The van der Waals surface area contributed by atoms with Crippen LogP contribution in [0.4, 0.5) is 5.69 Å². The zero-order valence-corrected chi connectivity index (χ0v) is 15.3. The molecule has 2 heterocycles. The van der Waals surface area contributed by atoms with Crippen molar-refractivity contribution in [2.24, 2.45) is 4.99 Å². The Morgan fingerprint density at radius 1 is 1.33 bits per heavy atom. The second kappa shape index (κ2) is 6.76. The normalized spacial score (nSPS) is 25.7. The van der Waals surface area contributed by atoms with Crippen LogP contribution < -0.4 is 10.6 Å². The minimum absolute atomic E-state index is 0.0260. The molecule has 0 radical (unpaired) electrons. The van der Waals surface area contributed by atoms with Crippen molar-refractivity contribution in [1.29, 1.82) is 0 Å². The minimum Gasteiger partial charge on any atom is -0.350 e. The largest absolute Gasteiger partial charge is 0.350 e. The molecular weight excluding hydrogens is 346 g/mol. The molecule has 2 N–H and O–H groups in total. The number of sulfone groups is 1. The predicted molar refractivity (Wildman–Crippen MR) is 98.5 cm³/mol. The van der Waals surface area contributed by atoms with E-state index in [0.717, 1.165) is 17.3 Å². The maximum absolute atomic E-state index is 12.0. The highest BCUT2D eigenvalue weighted by Crippen LogP contribution is 2.34. The number of hydrogen-bond donors (Lipinski definition) is 2. The van der Waals surface area contributed by atoms with Crippen LogP contribution >= 0.6 is 11.8 Å². The molecule has 1 amide bonds. The van der Waals surface area contributed by atoms with E-state index in [1.165, 1.54) is 11.8 Å². The molecule has 0 aromatic heterocycles. The summed E-state index contributed by atoms with van der Waals surface area (Å²) in [5, 5.41) is 6.90. The Hall–Kier alpha value is -1.54. The van der Waals surface area contributed by atoms with E-state index in [0.29, 0.717) is 5.56 Å². The maximum Gasteiger partial charge on any atom is 0.251 e. The predicted octanol–water partition coefficient (Wildman–Crippen LogP) is 1.90. The third-order valence-corrected chi connectivity index (χ3v) is 7.35. The van der Waals surface area contributed by atoms with Gasteiger partial charge < -0.3 is 10.6 Å². The summed E-state index contributed by atoms with van der Waals surface area (Å²) in [6.07, 6.45) is 0.889. The molecule has 3 unspecified atom stereocenters. The van der Waals surface area contributed by atoms with Gasteiger partial charge in [0.2, 0.25) is 0 Å². The van der Waals surface area contributed by atoms with Crippen molar-refractivity contribution in [2.45, 2.75) is 37.6 Å². The van der Waals surface area contributed by atoms with Crippen LogP contribution in [0.2, 0.25) is 0 Å². The van der Waals surface area contributed by atoms with Gasteiger partial charge in [-0.3, -0.25) is 9.79 Å². The van der Waals surface area contributed by atoms with Crippen LogP contribution in [0.1, 0.15) is 30.6 Å². The zero-order valence-electron chi connectivity index (χ0n) is 13.7. The number of carbonyl (C=O) groups excluding carboxylic acids is 1. The third-order valence-electron chi connectivity index (χ3n) is 4.21. The van der Waals surface area contributed by atoms with Gasteiger partial charge in [-0.15, -0.1) is 0 Å². The molecule has 3 rings (SSSR count). The number of fused-ring (bicyclic) bond motifs is 1. The van der Waals surface area contributed by atoms with Crippen LogP contribution in [0.15, 0.2) is 29.3 Å². The van der Waals surface area contributed by atoms with E-state index in [1.807, 2.05) is 26.0 Å². The Labute approximate surface area is 146 Å². The minimum atomic E-state index is -2.93. The smallest absolute Gasteiger partial charge is 0.251 e. The summed E-state index contributed by atoms with van der Waals surface area (Å²) >= 11 is 1.48. The summed E-state index contributed by atoms with van der Waals surface area (Å²) < 4.78 is 23.1. The molecule has 0 aliphatic carbocycles. The lowest BCUT2D eigenvalue weighted by molar-refractivity contribution is 0.0939. The van der Waals surface area contributed by atoms with Gasteiger partial charge in [0, 0.05) is 22.5 Å². The van der Waals surface area contributed by atoms with Gasteiger partial charge >= 0.3 is 0 Å². The first-order chi connectivity index (χ1) is 11.4. The molecule has 2 aliphatic rings. The molecule has 6 nitrogen and oxygen atoms in total. The molecular formula is C16H21N3O3S2. The van der Waals surface area contributed by atoms with Crippen molar-refractivity contribution in [2.75, 3.05) is 16.8 Å². The Morgan fingerprint density at radius 3 is 2.67 bits per heavy atom. The van der Waals surface area contributed by atoms with Crippen molar-refractivity contribution < 1.29 is 13.2 Å². The molecule has 3 atom stereocenters. The number of benzene rings is 1. The Bertz CT molecular complexity index is 759. The lowest BCUT2D eigenvalue weighted by atomic mass is 10.1. The van der Waals surface area contributed by atoms with Crippen LogP contribution in [0.3, 0.4) is 0 Å². The van der Waals surface area contributed by atoms with Crippen LogP contribution in [-0.4, -0.2) is 48.3 Å². The number of hydrogen-bond acceptors (Lipinski definition) is 6. The molecule has 1 saturated heterocycles. The molecule has 0 spiro atoms. The second-order valence-electron chi connectivity index (χ2n) is 6.22. The van der Waals surface area contributed by atoms with Crippen LogP contribution in [0, 0.1) is 0 Å². The van der Waals surface area contributed by atoms with Gasteiger partial charge in [-0.25, -0.2) is 8.42 Å². The third kappa shape index (κ3) is 3.92. The molecule has 1 fully saturated rings. The Kier molecular flexibility index (Phi) is 4.87. The van der Waals surface area contributed by atoms with E-state index >= 15 is 0 Å². The number of amidine groups is 1. The molecule has 2 aliphatic heterocycles. The Morgan fingerprint density at radius 2 is 2.04 bits per heavy atom. The van der Waals surface area contributed by atoms with Crippen molar-refractivity contribution in [3.05, 3.63) is 29.8 Å². The molecule has 0 bridgehead atoms. The van der Waals surface area contributed by atoms with Gasteiger partial charge in [0.05, 0.1) is 17.5 Å². The fraction of sp³-hybridized carbons (Fsp3) is 0.500. The fourth-order valence-corrected chi connectivity index (χ4v) is 6.33. The molecule has 1 aromatic rings. The highest BCUT2D eigenvalue weighted by Gasteiger charge is 2.42. The van der Waals surface area contributed by atoms with E-state index in [9.17, 15) is 13.2 Å². The number of rotatable bonds is 4. The number of nitrogens with zero attached hydrogens (tertiary/aromatic N) is 1. The average Bonchev–Trinajstić information content (AvgIpc) is 3.00. The summed E-state index contributed by atoms with van der Waals surface area (Å²) in [5.74, 6) is 0.263. The molecule has 8 heteroatoms. The van der Waals surface area contributed by atoms with Crippen LogP contribution in [0.5, 0.6) is 0 Å². The van der Waals surface area contributed by atoms with Gasteiger partial charge in [0.1, 0.15) is 0 Å². The van der Waals surface area contributed by atoms with Crippen molar-refractivity contribution in [1.82, 2.24) is 5.32 Å². The summed E-state index contributed by atoms with van der Waals surface area (Å²) in [4.78, 5) is 16.5. The lowest BCUT2D eigenvalue weighted by Gasteiger charge is -2.12. The summed E-state index contributed by atoms with van der Waals surface area (Å²) in [6, 6.07) is 7.22. The summed E-state index contributed by atoms with van der Waals surface area (Å²) in [6.45, 7) is 4.00. The highest BCUT2D eigenvalue weighted by molar-refractivity contribution is 8.15. The monoisotopic (exact) mass is 367 g/mol. The lowest BCUT2D eigenvalue weighted by Crippen LogP contribution is -2.31. The number of amides is 1. The van der Waals surface area contributed by atoms with Gasteiger partial charge in [0.25, 0.3) is 5.91 Å². The molecule has 1 aromatic carbocycles. The average molecular weight is 367 g/mol. The topological polar surface area (TPSA) is 87.6 Å². The summed E-state index contributed by atoms with van der Waals surface area (Å²) in [7, 11) is -2.93. The van der Waals surface area contributed by atoms with Gasteiger partial charge in [-0.1, -0.05) is 18.7 Å². The van der Waals surface area contributed by atoms with Crippen molar-refractivity contribution in [3.63, 3.8) is 0 Å². The van der Waals surface area contributed by atoms with E-state index in [-0.39, 0.29) is 34.7 Å². The van der Waals surface area contributed by atoms with E-state index < -0.39 is 9.84 Å². The maximum atomic E-state index is 12.0. The quantitative estimate of drug-likeness (QED) is 0.849. The molecule has 24 heavy (non-hydrogen) atoms. The number of nitrogens with one attached hydrogen (secondary N) is 2. The number of anilines is 1. The van der Waals surface area contributed by atoms with Gasteiger partial charge in [-0.05, 0) is 37.6 Å². The first-order valence-corrected chi connectivity index (χ1v) is 10.7. The SMILES string of the molecule is CCC(C)NC(=O)c1ccc(NC2=NC3CS(=O)(=O)CC3S2)cc1. The van der Waals surface area contributed by atoms with Gasteiger partial charge in [0.15, 0.2) is 15.0 Å². The van der Waals surface area contributed by atoms with E-state index in [1.54, 1.807) is 12.1 Å². The second-order valence-corrected chi connectivity index (χ2v) is 9.60. The number of carbonyl (C=O) groups is 1. The van der Waals surface area contributed by atoms with E-state index in [2.05, 4.69) is 15.6 Å². The first kappa shape index (κ1) is 17.3. The molecule has 0 saturated carbocycles. The Balaban J connectivity index is 1.60. The van der Waals surface area contributed by atoms with Gasteiger partial charge in [-0.2, -0.15) is 0 Å². The van der Waals surface area contributed by atoms with E-state index in [4.69, 9.17) is 0 Å². The van der Waals surface area contributed by atoms with Crippen molar-refractivity contribution in [3.8, 4) is 0 Å². The number of aliphatic imine (C=N–C) groups is 1. The van der Waals surface area contributed by atoms with Crippen LogP contribution in [-0.2, 0) is 9.84 Å². The highest BCUT2D eigenvalue weighted by atomic mass is 32.2. The fourth-order valence-electron chi connectivity index (χ4n) is 2.65. The van der Waals surface area contributed by atoms with Crippen LogP contribution in [0.25, 0.3) is 0 Å². The standard InChI is InChI=1S/C16H21N3O3S2/c1-3-10(2)17-15(20)11-4-6-12(7-5-11)18-16-19-13-8-24(21,22)9-14(13)23-16/h4-7,10,13-14H,3,8-9H2,1-2H3,(H,17,20)(H,18,19). The molecule has 130 valence electrons.